The minimum Gasteiger partial charge on any atom is -0.481 e. The number of nitrogens with zero attached hydrogens (tertiary/aromatic N) is 1. The molecule has 0 aromatic carbocycles. The van der Waals surface area contributed by atoms with Crippen LogP contribution in [-0.4, -0.2) is 86.7 Å². The Balaban J connectivity index is 0.945. The Bertz CT molecular complexity index is 1560. The van der Waals surface area contributed by atoms with Gasteiger partial charge in [-0.2, -0.15) is 0 Å². The van der Waals surface area contributed by atoms with E-state index >= 15 is 0 Å². The first kappa shape index (κ1) is 43.0. The number of carboxylic acid groups (broad SMARTS) is 1. The molecule has 13 atom stereocenters. The van der Waals surface area contributed by atoms with Crippen LogP contribution in [0.2, 0.25) is 0 Å². The van der Waals surface area contributed by atoms with E-state index in [1.165, 1.54) is 51.4 Å². The van der Waals surface area contributed by atoms with E-state index in [2.05, 4.69) is 46.4 Å². The molecule has 328 valence electrons. The van der Waals surface area contributed by atoms with Gasteiger partial charge in [-0.05, 0) is 152 Å². The summed E-state index contributed by atoms with van der Waals surface area (Å²) < 4.78 is 23.3. The molecule has 8 fully saturated rings. The van der Waals surface area contributed by atoms with Gasteiger partial charge in [-0.25, -0.2) is 0 Å². The van der Waals surface area contributed by atoms with Crippen LogP contribution in [-0.2, 0) is 33.3 Å². The van der Waals surface area contributed by atoms with E-state index in [9.17, 15) is 19.5 Å². The molecule has 1 unspecified atom stereocenters. The first-order chi connectivity index (χ1) is 27.3. The standard InChI is InChI=1S/C49H79NO8/c1-44(2)35(42(52)53)29-36(44)43(54)58-39-14-17-47(6)37(45(39,3)4)13-19-49(8)38(47)11-10-33-40-31(12-18-48(33,49)7)32(28-34(40)46(5)20-21-46)41(51)50-22-15-30(16-23-50)57-27-26-56-25-24-55-9/h30-40H,10-29H2,1-9H3,(H,52,53)/t31?,32-,33-,34-,35+,36-,37+,38-,39+,40+,47+,48-,49-/m1/s1. The van der Waals surface area contributed by atoms with Crippen molar-refractivity contribution in [3.05, 3.63) is 0 Å². The Labute approximate surface area is 350 Å². The number of hydrogen-bond acceptors (Lipinski definition) is 7. The fourth-order valence-corrected chi connectivity index (χ4v) is 16.4. The molecule has 0 bridgehead atoms. The predicted octanol–water partition coefficient (Wildman–Crippen LogP) is 9.05. The van der Waals surface area contributed by atoms with Crippen molar-refractivity contribution in [1.82, 2.24) is 4.90 Å². The normalized spacial score (nSPS) is 44.8. The number of amides is 1. The van der Waals surface area contributed by atoms with Gasteiger partial charge in [0, 0.05) is 31.5 Å². The highest BCUT2D eigenvalue weighted by Gasteiger charge is 2.71. The smallest absolute Gasteiger partial charge is 0.309 e. The Kier molecular flexibility index (Phi) is 11.3. The van der Waals surface area contributed by atoms with E-state index in [4.69, 9.17) is 18.9 Å². The quantitative estimate of drug-likeness (QED) is 0.154. The maximum atomic E-state index is 14.6. The van der Waals surface area contributed by atoms with Gasteiger partial charge in [-0.1, -0.05) is 55.4 Å². The van der Waals surface area contributed by atoms with Crippen molar-refractivity contribution >= 4 is 17.8 Å². The molecule has 9 nitrogen and oxygen atoms in total. The number of hydrogen-bond donors (Lipinski definition) is 1. The fourth-order valence-electron chi connectivity index (χ4n) is 16.4. The number of piperidine rings is 1. The van der Waals surface area contributed by atoms with Crippen molar-refractivity contribution in [2.45, 2.75) is 157 Å². The van der Waals surface area contributed by atoms with Crippen LogP contribution >= 0.6 is 0 Å². The van der Waals surface area contributed by atoms with Crippen molar-refractivity contribution in [3.8, 4) is 0 Å². The lowest BCUT2D eigenvalue weighted by Crippen LogP contribution is -2.66. The number of carboxylic acids is 1. The molecule has 1 saturated heterocycles. The Morgan fingerprint density at radius 3 is 2.02 bits per heavy atom. The number of carbonyl (C=O) groups excluding carboxylic acids is 2. The van der Waals surface area contributed by atoms with Gasteiger partial charge in [0.25, 0.3) is 0 Å². The zero-order valence-electron chi connectivity index (χ0n) is 37.7. The lowest BCUT2D eigenvalue weighted by atomic mass is 9.33. The number of fused-ring (bicyclic) bond motifs is 7. The summed E-state index contributed by atoms with van der Waals surface area (Å²) in [7, 11) is 1.69. The average molecular weight is 810 g/mol. The molecule has 9 heteroatoms. The number of carbonyl (C=O) groups is 3. The van der Waals surface area contributed by atoms with Crippen LogP contribution < -0.4 is 0 Å². The first-order valence-corrected chi connectivity index (χ1v) is 23.7. The number of ether oxygens (including phenoxy) is 4. The Morgan fingerprint density at radius 1 is 0.672 bits per heavy atom. The van der Waals surface area contributed by atoms with Gasteiger partial charge < -0.3 is 29.0 Å². The van der Waals surface area contributed by atoms with E-state index in [0.29, 0.717) is 79.7 Å². The molecule has 8 aliphatic rings. The highest BCUT2D eigenvalue weighted by molar-refractivity contribution is 5.81. The van der Waals surface area contributed by atoms with Crippen molar-refractivity contribution in [2.75, 3.05) is 46.6 Å². The Morgan fingerprint density at radius 2 is 1.36 bits per heavy atom. The molecule has 0 radical (unpaired) electrons. The van der Waals surface area contributed by atoms with Gasteiger partial charge in [-0.15, -0.1) is 0 Å². The fraction of sp³-hybridized carbons (Fsp3) is 0.939. The minimum absolute atomic E-state index is 0.137. The monoisotopic (exact) mass is 810 g/mol. The molecule has 7 saturated carbocycles. The molecule has 1 N–H and O–H groups in total. The summed E-state index contributed by atoms with van der Waals surface area (Å²) in [4.78, 5) is 42.3. The summed E-state index contributed by atoms with van der Waals surface area (Å²) in [5.74, 6) is 2.36. The van der Waals surface area contributed by atoms with Crippen LogP contribution in [0.25, 0.3) is 0 Å². The van der Waals surface area contributed by atoms with E-state index < -0.39 is 17.3 Å². The van der Waals surface area contributed by atoms with Crippen molar-refractivity contribution in [2.24, 2.45) is 85.8 Å². The Hall–Kier alpha value is -1.71. The predicted molar refractivity (Wildman–Crippen MR) is 223 cm³/mol. The maximum absolute atomic E-state index is 14.6. The zero-order chi connectivity index (χ0) is 41.6. The van der Waals surface area contributed by atoms with Crippen molar-refractivity contribution < 1.29 is 38.4 Å². The molecular weight excluding hydrogens is 731 g/mol. The minimum atomic E-state index is -0.807. The van der Waals surface area contributed by atoms with E-state index in [0.717, 1.165) is 45.2 Å². The van der Waals surface area contributed by atoms with Crippen LogP contribution in [0, 0.1) is 85.8 Å². The summed E-state index contributed by atoms with van der Waals surface area (Å²) in [6.45, 7) is 23.1. The van der Waals surface area contributed by atoms with Crippen LogP contribution in [0.4, 0.5) is 0 Å². The van der Waals surface area contributed by atoms with Crippen molar-refractivity contribution in [3.63, 3.8) is 0 Å². The molecule has 0 spiro atoms. The number of esters is 1. The first-order valence-electron chi connectivity index (χ1n) is 23.7. The van der Waals surface area contributed by atoms with Crippen LogP contribution in [0.15, 0.2) is 0 Å². The summed E-state index contributed by atoms with van der Waals surface area (Å²) in [5.41, 5.74) is 0.333. The van der Waals surface area contributed by atoms with Gasteiger partial charge in [0.05, 0.1) is 44.4 Å². The highest BCUT2D eigenvalue weighted by atomic mass is 16.5. The number of rotatable bonds is 12. The van der Waals surface area contributed by atoms with Crippen LogP contribution in [0.3, 0.4) is 0 Å². The molecule has 1 heterocycles. The van der Waals surface area contributed by atoms with E-state index in [1.807, 2.05) is 13.8 Å². The summed E-state index contributed by atoms with van der Waals surface area (Å²) in [5, 5.41) is 9.69. The van der Waals surface area contributed by atoms with Gasteiger partial charge >= 0.3 is 11.9 Å². The van der Waals surface area contributed by atoms with Crippen LogP contribution in [0.5, 0.6) is 0 Å². The largest absolute Gasteiger partial charge is 0.481 e. The lowest BCUT2D eigenvalue weighted by molar-refractivity contribution is -0.248. The third-order valence-electron chi connectivity index (χ3n) is 20.4. The third kappa shape index (κ3) is 6.74. The van der Waals surface area contributed by atoms with Crippen LogP contribution in [0.1, 0.15) is 145 Å². The lowest BCUT2D eigenvalue weighted by Gasteiger charge is -2.72. The van der Waals surface area contributed by atoms with Crippen molar-refractivity contribution in [1.29, 1.82) is 0 Å². The number of likely N-dealkylation sites (tertiary alicyclic amines) is 1. The topological polar surface area (TPSA) is 112 Å². The summed E-state index contributed by atoms with van der Waals surface area (Å²) in [6.07, 6.45) is 15.4. The molecule has 0 aromatic heterocycles. The van der Waals surface area contributed by atoms with E-state index in [-0.39, 0.29) is 51.7 Å². The summed E-state index contributed by atoms with van der Waals surface area (Å²) >= 11 is 0. The molecular formula is C49H79NO8. The molecule has 7 aliphatic carbocycles. The number of aliphatic carboxylic acids is 1. The van der Waals surface area contributed by atoms with E-state index in [1.54, 1.807) is 7.11 Å². The SMILES string of the molecule is COCCOCCOC1CCN(C(=O)[C@@H]2C[C@@H](C3(C)CC3)[C@H]3C2CC[C@]2(C)[C@@H]3CC[C@@H]3[C@@]4(C)CC[C@H](OC(=O)[C@H]5C[C@@H](C(=O)O)C5(C)C)C(C)(C)[C@@H]4CC[C@]32C)CC1. The molecule has 8 rings (SSSR count). The van der Waals surface area contributed by atoms with Gasteiger partial charge in [-0.3, -0.25) is 14.4 Å². The molecule has 0 aromatic rings. The molecule has 1 aliphatic heterocycles. The molecule has 58 heavy (non-hydrogen) atoms. The van der Waals surface area contributed by atoms with Gasteiger partial charge in [0.1, 0.15) is 6.10 Å². The third-order valence-corrected chi connectivity index (χ3v) is 20.4. The second-order valence-electron chi connectivity index (χ2n) is 23.3. The van der Waals surface area contributed by atoms with Gasteiger partial charge in [0.2, 0.25) is 5.91 Å². The number of methoxy groups -OCH3 is 1. The molecule has 1 amide bonds. The zero-order valence-corrected chi connectivity index (χ0v) is 37.7. The maximum Gasteiger partial charge on any atom is 0.309 e. The van der Waals surface area contributed by atoms with Gasteiger partial charge in [0.15, 0.2) is 0 Å². The highest BCUT2D eigenvalue weighted by Crippen LogP contribution is 2.78. The second-order valence-corrected chi connectivity index (χ2v) is 23.3. The summed E-state index contributed by atoms with van der Waals surface area (Å²) in [6, 6.07) is 0. The second kappa shape index (κ2) is 15.3. The average Bonchev–Trinajstić information content (AvgIpc) is 3.79.